The van der Waals surface area contributed by atoms with Crippen molar-refractivity contribution in [2.24, 2.45) is 0 Å². The highest BCUT2D eigenvalue weighted by atomic mass is 35.7. The van der Waals surface area contributed by atoms with Crippen molar-refractivity contribution in [1.82, 2.24) is 0 Å². The molecule has 0 heterocycles. The monoisotopic (exact) mass is 432 g/mol. The third-order valence-corrected chi connectivity index (χ3v) is 6.87. The Labute approximate surface area is 182 Å². The van der Waals surface area contributed by atoms with E-state index in [9.17, 15) is 8.42 Å². The van der Waals surface area contributed by atoms with E-state index in [4.69, 9.17) is 10.7 Å². The van der Waals surface area contributed by atoms with Gasteiger partial charge in [0.2, 0.25) is 0 Å². The second-order valence-corrected chi connectivity index (χ2v) is 9.83. The van der Waals surface area contributed by atoms with Crippen LogP contribution in [0.15, 0.2) is 114 Å². The van der Waals surface area contributed by atoms with Gasteiger partial charge in [0, 0.05) is 10.7 Å². The van der Waals surface area contributed by atoms with Crippen molar-refractivity contribution in [2.75, 3.05) is 0 Å². The van der Waals surface area contributed by atoms with Gasteiger partial charge in [0.15, 0.2) is 0 Å². The summed E-state index contributed by atoms with van der Waals surface area (Å²) in [6.45, 7) is 2.00. The van der Waals surface area contributed by atoms with E-state index in [0.717, 1.165) is 27.8 Å². The van der Waals surface area contributed by atoms with Gasteiger partial charge in [-0.1, -0.05) is 97.1 Å². The summed E-state index contributed by atoms with van der Waals surface area (Å²) < 4.78 is 24.4. The Bertz CT molecular complexity index is 1160. The molecule has 2 nitrogen and oxygen atoms in total. The van der Waals surface area contributed by atoms with Crippen molar-refractivity contribution >= 4 is 19.7 Å². The van der Waals surface area contributed by atoms with Crippen LogP contribution in [0.3, 0.4) is 0 Å². The van der Waals surface area contributed by atoms with Gasteiger partial charge in [0.25, 0.3) is 9.05 Å². The Kier molecular flexibility index (Phi) is 5.50. The number of hydrogen-bond acceptors (Lipinski definition) is 2. The topological polar surface area (TPSA) is 34.1 Å². The van der Waals surface area contributed by atoms with E-state index >= 15 is 0 Å². The number of benzene rings is 4. The smallest absolute Gasteiger partial charge is 0.207 e. The number of hydrogen-bond donors (Lipinski definition) is 0. The highest BCUT2D eigenvalue weighted by Gasteiger charge is 2.39. The lowest BCUT2D eigenvalue weighted by Gasteiger charge is -2.38. The molecule has 0 aliphatic heterocycles. The molecule has 4 heteroatoms. The minimum atomic E-state index is -3.88. The largest absolute Gasteiger partial charge is 0.261 e. The van der Waals surface area contributed by atoms with Crippen LogP contribution in [0.1, 0.15) is 27.8 Å². The predicted molar refractivity (Wildman–Crippen MR) is 123 cm³/mol. The van der Waals surface area contributed by atoms with Crippen LogP contribution in [-0.4, -0.2) is 8.42 Å². The maximum Gasteiger partial charge on any atom is 0.261 e. The van der Waals surface area contributed by atoms with Gasteiger partial charge in [-0.25, -0.2) is 8.42 Å². The lowest BCUT2D eigenvalue weighted by molar-refractivity contribution is 0.609. The normalized spacial score (nSPS) is 11.9. The molecule has 4 rings (SSSR count). The molecule has 30 heavy (non-hydrogen) atoms. The third-order valence-electron chi connectivity index (χ3n) is 5.51. The second kappa shape index (κ2) is 8.10. The molecular weight excluding hydrogens is 412 g/mol. The summed E-state index contributed by atoms with van der Waals surface area (Å²) in [7, 11) is 1.87. The maximum atomic E-state index is 12.2. The van der Waals surface area contributed by atoms with E-state index < -0.39 is 14.5 Å². The summed E-state index contributed by atoms with van der Waals surface area (Å²) >= 11 is 0. The summed E-state index contributed by atoms with van der Waals surface area (Å²) in [6, 6.07) is 35.6. The van der Waals surface area contributed by atoms with Crippen molar-refractivity contribution in [3.63, 3.8) is 0 Å². The molecule has 0 saturated heterocycles. The Hall–Kier alpha value is -2.88. The van der Waals surface area contributed by atoms with Gasteiger partial charge in [-0.3, -0.25) is 0 Å². The minimum Gasteiger partial charge on any atom is -0.207 e. The second-order valence-electron chi connectivity index (χ2n) is 7.26. The van der Waals surface area contributed by atoms with E-state index in [2.05, 4.69) is 36.4 Å². The Morgan fingerprint density at radius 3 is 1.40 bits per heavy atom. The molecule has 0 amide bonds. The Morgan fingerprint density at radius 2 is 1.03 bits per heavy atom. The first-order chi connectivity index (χ1) is 14.4. The first-order valence-electron chi connectivity index (χ1n) is 9.66. The summed E-state index contributed by atoms with van der Waals surface area (Å²) in [5.74, 6) is 0. The van der Waals surface area contributed by atoms with E-state index in [1.165, 1.54) is 0 Å². The van der Waals surface area contributed by atoms with E-state index in [1.807, 2.05) is 67.6 Å². The van der Waals surface area contributed by atoms with E-state index in [-0.39, 0.29) is 4.90 Å². The van der Waals surface area contributed by atoms with Gasteiger partial charge in [-0.05, 0) is 46.9 Å². The first-order valence-corrected chi connectivity index (χ1v) is 12.0. The zero-order chi connectivity index (χ0) is 21.2. The minimum absolute atomic E-state index is 0.0944. The fourth-order valence-electron chi connectivity index (χ4n) is 4.19. The molecule has 150 valence electrons. The molecule has 4 aromatic carbocycles. The van der Waals surface area contributed by atoms with Crippen LogP contribution in [0.2, 0.25) is 0 Å². The fourth-order valence-corrected chi connectivity index (χ4v) is 4.96. The first kappa shape index (κ1) is 20.4. The predicted octanol–water partition coefficient (Wildman–Crippen LogP) is 6.31. The SMILES string of the molecule is Cc1ccc(S(=O)(=O)Cl)cc1C(c1ccccc1)(c1ccccc1)c1ccccc1. The molecular formula is C26H21ClO2S. The Morgan fingerprint density at radius 1 is 0.633 bits per heavy atom. The van der Waals surface area contributed by atoms with Crippen LogP contribution in [0, 0.1) is 6.92 Å². The average Bonchev–Trinajstić information content (AvgIpc) is 2.77. The summed E-state index contributed by atoms with van der Waals surface area (Å²) in [4.78, 5) is 0.0944. The van der Waals surface area contributed by atoms with Crippen molar-refractivity contribution in [3.8, 4) is 0 Å². The molecule has 0 bridgehead atoms. The number of halogens is 1. The summed E-state index contributed by atoms with van der Waals surface area (Å²) in [5.41, 5.74) is 4.31. The zero-order valence-corrected chi connectivity index (χ0v) is 18.1. The van der Waals surface area contributed by atoms with Crippen LogP contribution >= 0.6 is 10.7 Å². The molecule has 0 aliphatic carbocycles. The average molecular weight is 433 g/mol. The number of rotatable bonds is 5. The van der Waals surface area contributed by atoms with Gasteiger partial charge >= 0.3 is 0 Å². The molecule has 0 unspecified atom stereocenters. The molecule has 0 saturated carbocycles. The molecule has 0 aromatic heterocycles. The lowest BCUT2D eigenvalue weighted by Crippen LogP contribution is -2.32. The van der Waals surface area contributed by atoms with Gasteiger partial charge in [0.05, 0.1) is 10.3 Å². The fraction of sp³-hybridized carbons (Fsp3) is 0.0769. The quantitative estimate of drug-likeness (QED) is 0.273. The van der Waals surface area contributed by atoms with Gasteiger partial charge < -0.3 is 0 Å². The van der Waals surface area contributed by atoms with E-state index in [0.29, 0.717) is 0 Å². The summed E-state index contributed by atoms with van der Waals surface area (Å²) in [6.07, 6.45) is 0. The van der Waals surface area contributed by atoms with Crippen LogP contribution < -0.4 is 0 Å². The van der Waals surface area contributed by atoms with Crippen molar-refractivity contribution < 1.29 is 8.42 Å². The van der Waals surface area contributed by atoms with Crippen molar-refractivity contribution in [2.45, 2.75) is 17.2 Å². The molecule has 0 radical (unpaired) electrons. The molecule has 0 fully saturated rings. The molecule has 0 aliphatic rings. The molecule has 0 N–H and O–H groups in total. The Balaban J connectivity index is 2.20. The van der Waals surface area contributed by atoms with Crippen LogP contribution in [0.4, 0.5) is 0 Å². The van der Waals surface area contributed by atoms with Crippen LogP contribution in [0.5, 0.6) is 0 Å². The van der Waals surface area contributed by atoms with Crippen molar-refractivity contribution in [1.29, 1.82) is 0 Å². The summed E-state index contributed by atoms with van der Waals surface area (Å²) in [5, 5.41) is 0. The molecule has 4 aromatic rings. The maximum absolute atomic E-state index is 12.2. The lowest BCUT2D eigenvalue weighted by atomic mass is 9.64. The highest BCUT2D eigenvalue weighted by molar-refractivity contribution is 8.13. The molecule has 0 spiro atoms. The van der Waals surface area contributed by atoms with Crippen LogP contribution in [0.25, 0.3) is 0 Å². The van der Waals surface area contributed by atoms with Crippen molar-refractivity contribution in [3.05, 3.63) is 137 Å². The van der Waals surface area contributed by atoms with Gasteiger partial charge in [-0.15, -0.1) is 0 Å². The third kappa shape index (κ3) is 3.55. The van der Waals surface area contributed by atoms with Crippen LogP contribution in [-0.2, 0) is 14.5 Å². The van der Waals surface area contributed by atoms with Gasteiger partial charge in [0.1, 0.15) is 0 Å². The molecule has 0 atom stereocenters. The standard InChI is InChI=1S/C26H21ClO2S/c1-20-17-18-24(30(27,28)29)19-25(20)26(21-11-5-2-6-12-21,22-13-7-3-8-14-22)23-15-9-4-10-16-23/h2-19H,1H3. The number of aryl methyl sites for hydroxylation is 1. The zero-order valence-electron chi connectivity index (χ0n) is 16.5. The highest BCUT2D eigenvalue weighted by Crippen LogP contribution is 2.46. The van der Waals surface area contributed by atoms with E-state index in [1.54, 1.807) is 12.1 Å². The van der Waals surface area contributed by atoms with Gasteiger partial charge in [-0.2, -0.15) is 0 Å².